The van der Waals surface area contributed by atoms with Crippen molar-refractivity contribution in [3.05, 3.63) is 53.0 Å². The highest BCUT2D eigenvalue weighted by Crippen LogP contribution is 2.26. The van der Waals surface area contributed by atoms with Gasteiger partial charge in [-0.05, 0) is 56.0 Å². The highest BCUT2D eigenvalue weighted by atomic mass is 19.1. The minimum absolute atomic E-state index is 0.189. The first-order valence-corrected chi connectivity index (χ1v) is 9.85. The number of nitrogens with one attached hydrogen (secondary N) is 2. The zero-order chi connectivity index (χ0) is 20.7. The quantitative estimate of drug-likeness (QED) is 0.781. The van der Waals surface area contributed by atoms with Crippen LogP contribution in [0.2, 0.25) is 0 Å². The summed E-state index contributed by atoms with van der Waals surface area (Å²) in [6, 6.07) is 6.43. The molecule has 1 aromatic carbocycles. The van der Waals surface area contributed by atoms with Crippen molar-refractivity contribution in [3.63, 3.8) is 0 Å². The van der Waals surface area contributed by atoms with Gasteiger partial charge in [-0.1, -0.05) is 20.8 Å². The maximum atomic E-state index is 14.3. The Hall–Kier alpha value is -2.76. The summed E-state index contributed by atoms with van der Waals surface area (Å²) < 4.78 is 14.3. The molecule has 0 unspecified atom stereocenters. The van der Waals surface area contributed by atoms with E-state index in [4.69, 9.17) is 0 Å². The lowest BCUT2D eigenvalue weighted by molar-refractivity contribution is 0.0943. The maximum absolute atomic E-state index is 14.3. The first kappa shape index (κ1) is 21.5. The molecule has 0 spiro atoms. The number of carbonyl (C=O) groups is 2. The second kappa shape index (κ2) is 9.97. The summed E-state index contributed by atoms with van der Waals surface area (Å²) >= 11 is 0. The van der Waals surface area contributed by atoms with Gasteiger partial charge in [0.15, 0.2) is 0 Å². The predicted molar refractivity (Wildman–Crippen MR) is 109 cm³/mol. The number of aromatic nitrogens is 1. The molecule has 6 heteroatoms. The van der Waals surface area contributed by atoms with E-state index in [1.807, 2.05) is 20.8 Å². The van der Waals surface area contributed by atoms with E-state index in [1.165, 1.54) is 12.3 Å². The lowest BCUT2D eigenvalue weighted by Crippen LogP contribution is -2.25. The third kappa shape index (κ3) is 5.38. The fourth-order valence-electron chi connectivity index (χ4n) is 2.60. The van der Waals surface area contributed by atoms with E-state index in [9.17, 15) is 14.0 Å². The van der Waals surface area contributed by atoms with Gasteiger partial charge < -0.3 is 10.6 Å². The molecular weight excluding hydrogens is 357 g/mol. The van der Waals surface area contributed by atoms with Gasteiger partial charge in [0.25, 0.3) is 11.8 Å². The summed E-state index contributed by atoms with van der Waals surface area (Å²) in [7, 11) is 0. The van der Waals surface area contributed by atoms with Crippen molar-refractivity contribution in [2.45, 2.75) is 53.0 Å². The molecule has 2 N–H and O–H groups in total. The molecule has 5 nitrogen and oxygen atoms in total. The van der Waals surface area contributed by atoms with Crippen LogP contribution in [0.3, 0.4) is 0 Å². The molecule has 2 amide bonds. The van der Waals surface area contributed by atoms with E-state index < -0.39 is 5.82 Å². The van der Waals surface area contributed by atoms with Crippen molar-refractivity contribution < 1.29 is 14.0 Å². The summed E-state index contributed by atoms with van der Waals surface area (Å²) in [6.45, 7) is 8.23. The number of benzene rings is 1. The van der Waals surface area contributed by atoms with Crippen molar-refractivity contribution >= 4 is 11.8 Å². The number of amides is 2. The number of hydrogen-bond donors (Lipinski definition) is 2. The maximum Gasteiger partial charge on any atom is 0.252 e. The van der Waals surface area contributed by atoms with Crippen LogP contribution in [0.15, 0.2) is 30.5 Å². The molecule has 2 aromatic rings. The van der Waals surface area contributed by atoms with E-state index >= 15 is 0 Å². The summed E-state index contributed by atoms with van der Waals surface area (Å²) in [4.78, 5) is 28.5. The summed E-state index contributed by atoms with van der Waals surface area (Å²) in [5.41, 5.74) is 2.22. The Bertz CT molecular complexity index is 830. The molecule has 0 atom stereocenters. The molecule has 1 saturated carbocycles. The minimum atomic E-state index is -0.449. The van der Waals surface area contributed by atoms with Crippen LogP contribution in [0.4, 0.5) is 4.39 Å². The van der Waals surface area contributed by atoms with Crippen LogP contribution in [0, 0.1) is 12.7 Å². The number of carbonyl (C=O) groups excluding carboxylic acids is 2. The Morgan fingerprint density at radius 1 is 1.14 bits per heavy atom. The monoisotopic (exact) mass is 385 g/mol. The fraction of sp³-hybridized carbons (Fsp3) is 0.409. The van der Waals surface area contributed by atoms with Gasteiger partial charge in [0.2, 0.25) is 0 Å². The van der Waals surface area contributed by atoms with Crippen LogP contribution in [-0.2, 0) is 0 Å². The van der Waals surface area contributed by atoms with E-state index in [-0.39, 0.29) is 23.4 Å². The van der Waals surface area contributed by atoms with Gasteiger partial charge >= 0.3 is 0 Å². The Morgan fingerprint density at radius 2 is 1.86 bits per heavy atom. The van der Waals surface area contributed by atoms with Crippen molar-refractivity contribution in [2.75, 3.05) is 6.54 Å². The van der Waals surface area contributed by atoms with E-state index in [2.05, 4.69) is 15.6 Å². The van der Waals surface area contributed by atoms with Gasteiger partial charge in [0, 0.05) is 29.9 Å². The topological polar surface area (TPSA) is 71.1 Å². The van der Waals surface area contributed by atoms with E-state index in [1.54, 1.807) is 25.1 Å². The molecule has 0 aliphatic heterocycles. The highest BCUT2D eigenvalue weighted by Gasteiger charge is 2.24. The van der Waals surface area contributed by atoms with Crippen LogP contribution >= 0.6 is 0 Å². The number of halogens is 1. The van der Waals surface area contributed by atoms with Gasteiger partial charge in [-0.3, -0.25) is 14.6 Å². The molecular formula is C22H28FN3O2. The van der Waals surface area contributed by atoms with Crippen LogP contribution < -0.4 is 10.6 Å². The Labute approximate surface area is 165 Å². The zero-order valence-electron chi connectivity index (χ0n) is 16.9. The third-order valence-electron chi connectivity index (χ3n) is 4.36. The average Bonchev–Trinajstić information content (AvgIpc) is 3.53. The molecule has 1 aliphatic rings. The summed E-state index contributed by atoms with van der Waals surface area (Å²) in [5, 5.41) is 5.64. The molecule has 1 aliphatic carbocycles. The lowest BCUT2D eigenvalue weighted by atomic mass is 10.00. The largest absolute Gasteiger partial charge is 0.352 e. The van der Waals surface area contributed by atoms with Crippen LogP contribution in [-0.4, -0.2) is 29.4 Å². The molecule has 0 saturated heterocycles. The van der Waals surface area contributed by atoms with Gasteiger partial charge in [0.05, 0.1) is 11.3 Å². The van der Waals surface area contributed by atoms with Gasteiger partial charge in [0.1, 0.15) is 5.82 Å². The normalized spacial score (nSPS) is 12.6. The minimum Gasteiger partial charge on any atom is -0.352 e. The second-order valence-corrected chi connectivity index (χ2v) is 6.57. The SMILES string of the molecule is CC.CCCNC(=O)c1ccc(-c2cc(C(=O)NC3CC3)cc(F)c2C)nc1. The van der Waals surface area contributed by atoms with Gasteiger partial charge in [-0.2, -0.15) is 0 Å². The molecule has 1 aromatic heterocycles. The number of nitrogens with zero attached hydrogens (tertiary/aromatic N) is 1. The zero-order valence-corrected chi connectivity index (χ0v) is 16.9. The Balaban J connectivity index is 0.00000136. The summed E-state index contributed by atoms with van der Waals surface area (Å²) in [5.74, 6) is -0.912. The highest BCUT2D eigenvalue weighted by molar-refractivity contribution is 5.96. The molecule has 0 radical (unpaired) electrons. The molecule has 0 bridgehead atoms. The molecule has 3 rings (SSSR count). The van der Waals surface area contributed by atoms with Crippen molar-refractivity contribution in [2.24, 2.45) is 0 Å². The van der Waals surface area contributed by atoms with Gasteiger partial charge in [-0.25, -0.2) is 4.39 Å². The van der Waals surface area contributed by atoms with Crippen molar-refractivity contribution in [3.8, 4) is 11.3 Å². The van der Waals surface area contributed by atoms with E-state index in [0.29, 0.717) is 28.9 Å². The number of pyridine rings is 1. The summed E-state index contributed by atoms with van der Waals surface area (Å²) in [6.07, 6.45) is 4.26. The second-order valence-electron chi connectivity index (χ2n) is 6.57. The molecule has 28 heavy (non-hydrogen) atoms. The molecule has 1 heterocycles. The lowest BCUT2D eigenvalue weighted by Gasteiger charge is -2.11. The fourth-order valence-corrected chi connectivity index (χ4v) is 2.60. The van der Waals surface area contributed by atoms with Crippen LogP contribution in [0.1, 0.15) is 66.3 Å². The third-order valence-corrected chi connectivity index (χ3v) is 4.36. The van der Waals surface area contributed by atoms with Crippen molar-refractivity contribution in [1.82, 2.24) is 15.6 Å². The van der Waals surface area contributed by atoms with Gasteiger partial charge in [-0.15, -0.1) is 0 Å². The molecule has 1 fully saturated rings. The smallest absolute Gasteiger partial charge is 0.252 e. The Morgan fingerprint density at radius 3 is 2.43 bits per heavy atom. The first-order valence-electron chi connectivity index (χ1n) is 9.85. The van der Waals surface area contributed by atoms with Crippen molar-refractivity contribution in [1.29, 1.82) is 0 Å². The average molecular weight is 385 g/mol. The number of hydrogen-bond acceptors (Lipinski definition) is 3. The number of rotatable bonds is 6. The van der Waals surface area contributed by atoms with E-state index in [0.717, 1.165) is 19.3 Å². The molecule has 150 valence electrons. The first-order chi connectivity index (χ1) is 13.5. The standard InChI is InChI=1S/C20H22FN3O2.C2H6/c1-3-8-22-19(25)13-4-7-18(23-11-13)16-9-14(10-17(21)12(16)2)20(26)24-15-5-6-15;1-2/h4,7,9-11,15H,3,5-6,8H2,1-2H3,(H,22,25)(H,24,26);1-2H3. The van der Waals surface area contributed by atoms with Crippen LogP contribution in [0.5, 0.6) is 0 Å². The Kier molecular flexibility index (Phi) is 7.67. The predicted octanol–water partition coefficient (Wildman–Crippen LogP) is 4.25. The van der Waals surface area contributed by atoms with Crippen LogP contribution in [0.25, 0.3) is 11.3 Å².